The zero-order chi connectivity index (χ0) is 10.6. The van der Waals surface area contributed by atoms with Crippen molar-refractivity contribution in [1.29, 1.82) is 0 Å². The fourth-order valence-electron chi connectivity index (χ4n) is 1.62. The molecule has 0 radical (unpaired) electrons. The van der Waals surface area contributed by atoms with Crippen LogP contribution in [0.15, 0.2) is 24.3 Å². The quantitative estimate of drug-likeness (QED) is 0.797. The predicted molar refractivity (Wildman–Crippen MR) is 57.7 cm³/mol. The number of aliphatic hydroxyl groups excluding tert-OH is 1. The summed E-state index contributed by atoms with van der Waals surface area (Å²) in [7, 11) is 1.67. The molecule has 1 aromatic rings. The second-order valence-corrected chi connectivity index (χ2v) is 4.06. The highest BCUT2D eigenvalue weighted by molar-refractivity contribution is 5.38. The first-order chi connectivity index (χ1) is 6.61. The van der Waals surface area contributed by atoms with Gasteiger partial charge in [0.25, 0.3) is 0 Å². The minimum Gasteiger partial charge on any atom is -0.496 e. The average molecular weight is 194 g/mol. The first kappa shape index (κ1) is 11.1. The molecule has 0 saturated heterocycles. The van der Waals surface area contributed by atoms with E-state index in [1.54, 1.807) is 7.11 Å². The van der Waals surface area contributed by atoms with E-state index >= 15 is 0 Å². The third-order valence-corrected chi connectivity index (χ3v) is 2.57. The number of methoxy groups -OCH3 is 1. The molecule has 0 atom stereocenters. The molecule has 0 aliphatic carbocycles. The smallest absolute Gasteiger partial charge is 0.122 e. The predicted octanol–water partition coefficient (Wildman–Crippen LogP) is 2.36. The maximum absolute atomic E-state index is 8.99. The lowest BCUT2D eigenvalue weighted by Crippen LogP contribution is -2.19. The van der Waals surface area contributed by atoms with Gasteiger partial charge >= 0.3 is 0 Å². The second-order valence-electron chi connectivity index (χ2n) is 4.06. The van der Waals surface area contributed by atoms with Crippen LogP contribution in [0.3, 0.4) is 0 Å². The van der Waals surface area contributed by atoms with E-state index in [-0.39, 0.29) is 12.0 Å². The van der Waals surface area contributed by atoms with Crippen molar-refractivity contribution in [2.24, 2.45) is 0 Å². The molecule has 0 fully saturated rings. The van der Waals surface area contributed by atoms with Gasteiger partial charge in [-0.2, -0.15) is 0 Å². The normalized spacial score (nSPS) is 11.4. The molecule has 0 amide bonds. The number of benzene rings is 1. The number of ether oxygens (including phenoxy) is 1. The highest BCUT2D eigenvalue weighted by Gasteiger charge is 2.23. The minimum atomic E-state index is -0.0403. The number of aliphatic hydroxyl groups is 1. The molecule has 0 aliphatic rings. The lowest BCUT2D eigenvalue weighted by atomic mass is 9.81. The van der Waals surface area contributed by atoms with Crippen LogP contribution in [0.4, 0.5) is 0 Å². The lowest BCUT2D eigenvalue weighted by molar-refractivity contribution is 0.249. The first-order valence-corrected chi connectivity index (χ1v) is 4.86. The summed E-state index contributed by atoms with van der Waals surface area (Å²) >= 11 is 0. The second kappa shape index (κ2) is 4.47. The van der Waals surface area contributed by atoms with Crippen LogP contribution in [-0.4, -0.2) is 18.8 Å². The van der Waals surface area contributed by atoms with Crippen LogP contribution >= 0.6 is 0 Å². The van der Waals surface area contributed by atoms with Gasteiger partial charge in [0.15, 0.2) is 0 Å². The van der Waals surface area contributed by atoms with Gasteiger partial charge in [-0.3, -0.25) is 0 Å². The third-order valence-electron chi connectivity index (χ3n) is 2.57. The summed E-state index contributed by atoms with van der Waals surface area (Å²) in [6.07, 6.45) is 0.743. The molecular formula is C12H18O2. The van der Waals surface area contributed by atoms with Crippen molar-refractivity contribution in [3.8, 4) is 5.75 Å². The van der Waals surface area contributed by atoms with Crippen molar-refractivity contribution < 1.29 is 9.84 Å². The summed E-state index contributed by atoms with van der Waals surface area (Å²) in [6.45, 7) is 4.42. The maximum Gasteiger partial charge on any atom is 0.122 e. The van der Waals surface area contributed by atoms with E-state index < -0.39 is 0 Å². The van der Waals surface area contributed by atoms with E-state index in [0.29, 0.717) is 0 Å². The van der Waals surface area contributed by atoms with Crippen molar-refractivity contribution in [1.82, 2.24) is 0 Å². The number of para-hydroxylation sites is 1. The Balaban J connectivity index is 3.04. The average Bonchev–Trinajstić information content (AvgIpc) is 2.18. The maximum atomic E-state index is 8.99. The molecule has 0 aromatic heterocycles. The number of hydrogen-bond acceptors (Lipinski definition) is 2. The van der Waals surface area contributed by atoms with E-state index in [9.17, 15) is 0 Å². The van der Waals surface area contributed by atoms with Crippen LogP contribution in [0.2, 0.25) is 0 Å². The molecule has 1 aromatic carbocycles. The van der Waals surface area contributed by atoms with Gasteiger partial charge in [0.2, 0.25) is 0 Å². The molecule has 0 aliphatic heterocycles. The summed E-state index contributed by atoms with van der Waals surface area (Å²) < 4.78 is 5.30. The molecule has 2 heteroatoms. The van der Waals surface area contributed by atoms with E-state index in [1.165, 1.54) is 0 Å². The van der Waals surface area contributed by atoms with Gasteiger partial charge < -0.3 is 9.84 Å². The molecule has 0 saturated carbocycles. The van der Waals surface area contributed by atoms with Gasteiger partial charge in [0, 0.05) is 6.61 Å². The Bertz CT molecular complexity index is 292. The largest absolute Gasteiger partial charge is 0.496 e. The highest BCUT2D eigenvalue weighted by atomic mass is 16.5. The Morgan fingerprint density at radius 3 is 2.50 bits per heavy atom. The van der Waals surface area contributed by atoms with Gasteiger partial charge in [-0.25, -0.2) is 0 Å². The van der Waals surface area contributed by atoms with Crippen LogP contribution < -0.4 is 4.74 Å². The molecule has 0 spiro atoms. The van der Waals surface area contributed by atoms with Crippen LogP contribution in [0.5, 0.6) is 5.75 Å². The van der Waals surface area contributed by atoms with Gasteiger partial charge in [0.1, 0.15) is 5.75 Å². The molecule has 1 rings (SSSR count). The summed E-state index contributed by atoms with van der Waals surface area (Å²) in [4.78, 5) is 0. The van der Waals surface area contributed by atoms with Crippen molar-refractivity contribution in [3.05, 3.63) is 29.8 Å². The Morgan fingerprint density at radius 1 is 1.29 bits per heavy atom. The Hall–Kier alpha value is -1.02. The van der Waals surface area contributed by atoms with Crippen molar-refractivity contribution in [3.63, 3.8) is 0 Å². The van der Waals surface area contributed by atoms with E-state index in [2.05, 4.69) is 19.9 Å². The summed E-state index contributed by atoms with van der Waals surface area (Å²) in [5, 5.41) is 8.99. The van der Waals surface area contributed by atoms with E-state index in [0.717, 1.165) is 17.7 Å². The summed E-state index contributed by atoms with van der Waals surface area (Å²) in [5.74, 6) is 0.894. The van der Waals surface area contributed by atoms with Gasteiger partial charge in [-0.05, 0) is 23.5 Å². The van der Waals surface area contributed by atoms with Crippen LogP contribution in [0, 0.1) is 0 Å². The van der Waals surface area contributed by atoms with Crippen LogP contribution in [0.25, 0.3) is 0 Å². The fourth-order valence-corrected chi connectivity index (χ4v) is 1.62. The lowest BCUT2D eigenvalue weighted by Gasteiger charge is -2.26. The van der Waals surface area contributed by atoms with Crippen molar-refractivity contribution in [2.75, 3.05) is 13.7 Å². The topological polar surface area (TPSA) is 29.5 Å². The first-order valence-electron chi connectivity index (χ1n) is 4.86. The summed E-state index contributed by atoms with van der Waals surface area (Å²) in [6, 6.07) is 7.96. The van der Waals surface area contributed by atoms with Crippen LogP contribution in [0.1, 0.15) is 25.8 Å². The molecule has 1 N–H and O–H groups in total. The minimum absolute atomic E-state index is 0.0403. The molecule has 14 heavy (non-hydrogen) atoms. The van der Waals surface area contributed by atoms with Crippen LogP contribution in [-0.2, 0) is 5.41 Å². The Kier molecular flexibility index (Phi) is 3.53. The SMILES string of the molecule is COc1ccccc1C(C)(C)CCO. The zero-order valence-electron chi connectivity index (χ0n) is 9.08. The zero-order valence-corrected chi connectivity index (χ0v) is 9.08. The molecule has 78 valence electrons. The third kappa shape index (κ3) is 2.26. The van der Waals surface area contributed by atoms with Gasteiger partial charge in [-0.1, -0.05) is 32.0 Å². The molecular weight excluding hydrogens is 176 g/mol. The Labute approximate surface area is 85.5 Å². The summed E-state index contributed by atoms with van der Waals surface area (Å²) in [5.41, 5.74) is 1.11. The van der Waals surface area contributed by atoms with Crippen molar-refractivity contribution in [2.45, 2.75) is 25.7 Å². The Morgan fingerprint density at radius 2 is 1.93 bits per heavy atom. The fraction of sp³-hybridized carbons (Fsp3) is 0.500. The van der Waals surface area contributed by atoms with Gasteiger partial charge in [-0.15, -0.1) is 0 Å². The van der Waals surface area contributed by atoms with Crippen molar-refractivity contribution >= 4 is 0 Å². The molecule has 0 bridgehead atoms. The van der Waals surface area contributed by atoms with E-state index in [1.807, 2.05) is 18.2 Å². The molecule has 2 nitrogen and oxygen atoms in total. The van der Waals surface area contributed by atoms with E-state index in [4.69, 9.17) is 9.84 Å². The van der Waals surface area contributed by atoms with Gasteiger partial charge in [0.05, 0.1) is 7.11 Å². The molecule has 0 heterocycles. The molecule has 0 unspecified atom stereocenters. The standard InChI is InChI=1S/C12H18O2/c1-12(2,8-9-13)10-6-4-5-7-11(10)14-3/h4-7,13H,8-9H2,1-3H3. The number of hydrogen-bond donors (Lipinski definition) is 1. The number of rotatable bonds is 4. The monoisotopic (exact) mass is 194 g/mol. The highest BCUT2D eigenvalue weighted by Crippen LogP contribution is 2.33.